The molecule has 2 N–H and O–H groups in total. The minimum absolute atomic E-state index is 0.485. The van der Waals surface area contributed by atoms with Gasteiger partial charge in [0.1, 0.15) is 11.9 Å². The summed E-state index contributed by atoms with van der Waals surface area (Å²) in [6.07, 6.45) is -0.540. The van der Waals surface area contributed by atoms with Gasteiger partial charge in [0, 0.05) is 5.69 Å². The Morgan fingerprint density at radius 2 is 2.12 bits per heavy atom. The standard InChI is InChI=1S/C12H17N3O/c1-8-5-6-10(7-13)11(14-8)15-12(3,4)9(2)16/h5-6,9,16H,1-4H3,(H,14,15). The molecule has 0 aliphatic rings. The maximum atomic E-state index is 9.60. The Hall–Kier alpha value is -1.60. The lowest BCUT2D eigenvalue weighted by atomic mass is 9.98. The van der Waals surface area contributed by atoms with Crippen LogP contribution in [0.25, 0.3) is 0 Å². The van der Waals surface area contributed by atoms with E-state index < -0.39 is 11.6 Å². The molecule has 0 bridgehead atoms. The van der Waals surface area contributed by atoms with Crippen LogP contribution in [0.3, 0.4) is 0 Å². The van der Waals surface area contributed by atoms with E-state index >= 15 is 0 Å². The molecule has 16 heavy (non-hydrogen) atoms. The van der Waals surface area contributed by atoms with Crippen molar-refractivity contribution < 1.29 is 5.11 Å². The van der Waals surface area contributed by atoms with Crippen molar-refractivity contribution in [3.8, 4) is 6.07 Å². The summed E-state index contributed by atoms with van der Waals surface area (Å²) in [5.74, 6) is 0.522. The van der Waals surface area contributed by atoms with Crippen molar-refractivity contribution in [3.63, 3.8) is 0 Å². The van der Waals surface area contributed by atoms with Gasteiger partial charge < -0.3 is 10.4 Å². The summed E-state index contributed by atoms with van der Waals surface area (Å²) in [4.78, 5) is 4.27. The Kier molecular flexibility index (Phi) is 3.51. The molecule has 0 aromatic carbocycles. The van der Waals surface area contributed by atoms with E-state index in [0.29, 0.717) is 11.4 Å². The second kappa shape index (κ2) is 4.50. The third-order valence-electron chi connectivity index (χ3n) is 2.64. The van der Waals surface area contributed by atoms with Crippen molar-refractivity contribution in [2.75, 3.05) is 5.32 Å². The Morgan fingerprint density at radius 1 is 1.50 bits per heavy atom. The van der Waals surface area contributed by atoms with Gasteiger partial charge in [-0.1, -0.05) is 0 Å². The van der Waals surface area contributed by atoms with E-state index in [1.54, 1.807) is 19.1 Å². The molecule has 0 spiro atoms. The van der Waals surface area contributed by atoms with Gasteiger partial charge in [0.15, 0.2) is 0 Å². The maximum absolute atomic E-state index is 9.60. The highest BCUT2D eigenvalue weighted by atomic mass is 16.3. The number of aromatic nitrogens is 1. The second-order valence-corrected chi connectivity index (χ2v) is 4.48. The smallest absolute Gasteiger partial charge is 0.144 e. The number of aliphatic hydroxyl groups is 1. The van der Waals surface area contributed by atoms with Gasteiger partial charge in [0.25, 0.3) is 0 Å². The summed E-state index contributed by atoms with van der Waals surface area (Å²) < 4.78 is 0. The largest absolute Gasteiger partial charge is 0.391 e. The first-order chi connectivity index (χ1) is 7.36. The third-order valence-corrected chi connectivity index (χ3v) is 2.64. The van der Waals surface area contributed by atoms with Gasteiger partial charge in [-0.05, 0) is 39.8 Å². The number of aryl methyl sites for hydroxylation is 1. The number of hydrogen-bond acceptors (Lipinski definition) is 4. The van der Waals surface area contributed by atoms with Crippen LogP contribution < -0.4 is 5.32 Å². The third kappa shape index (κ3) is 2.71. The molecule has 1 unspecified atom stereocenters. The van der Waals surface area contributed by atoms with E-state index in [9.17, 15) is 5.11 Å². The van der Waals surface area contributed by atoms with Gasteiger partial charge in [-0.3, -0.25) is 0 Å². The summed E-state index contributed by atoms with van der Waals surface area (Å²) >= 11 is 0. The second-order valence-electron chi connectivity index (χ2n) is 4.48. The van der Waals surface area contributed by atoms with Crippen LogP contribution in [0.4, 0.5) is 5.82 Å². The molecule has 1 atom stereocenters. The summed E-state index contributed by atoms with van der Waals surface area (Å²) in [5.41, 5.74) is 0.800. The number of hydrogen-bond donors (Lipinski definition) is 2. The van der Waals surface area contributed by atoms with Crippen molar-refractivity contribution in [3.05, 3.63) is 23.4 Å². The van der Waals surface area contributed by atoms with Crippen LogP contribution in [-0.4, -0.2) is 21.7 Å². The SMILES string of the molecule is Cc1ccc(C#N)c(NC(C)(C)C(C)O)n1. The highest BCUT2D eigenvalue weighted by molar-refractivity contribution is 5.53. The fourth-order valence-corrected chi connectivity index (χ4v) is 1.15. The van der Waals surface area contributed by atoms with E-state index in [1.807, 2.05) is 20.8 Å². The normalized spacial score (nSPS) is 13.0. The van der Waals surface area contributed by atoms with Crippen molar-refractivity contribution in [2.24, 2.45) is 0 Å². The zero-order valence-electron chi connectivity index (χ0n) is 10.1. The van der Waals surface area contributed by atoms with Gasteiger partial charge in [0.2, 0.25) is 0 Å². The van der Waals surface area contributed by atoms with Crippen LogP contribution in [0, 0.1) is 18.3 Å². The number of rotatable bonds is 3. The Balaban J connectivity index is 3.06. The van der Waals surface area contributed by atoms with Crippen LogP contribution in [0.15, 0.2) is 12.1 Å². The van der Waals surface area contributed by atoms with E-state index in [2.05, 4.69) is 16.4 Å². The van der Waals surface area contributed by atoms with Crippen LogP contribution in [0.2, 0.25) is 0 Å². The molecule has 1 rings (SSSR count). The zero-order chi connectivity index (χ0) is 12.3. The quantitative estimate of drug-likeness (QED) is 0.813. The van der Waals surface area contributed by atoms with Crippen LogP contribution >= 0.6 is 0 Å². The summed E-state index contributed by atoms with van der Waals surface area (Å²) in [6, 6.07) is 5.59. The number of nitrogens with one attached hydrogen (secondary N) is 1. The van der Waals surface area contributed by atoms with E-state index in [0.717, 1.165) is 5.69 Å². The topological polar surface area (TPSA) is 68.9 Å². The molecule has 1 heterocycles. The molecule has 0 fully saturated rings. The molecule has 1 aromatic heterocycles. The molecule has 1 aromatic rings. The van der Waals surface area contributed by atoms with E-state index in [4.69, 9.17) is 5.26 Å². The van der Waals surface area contributed by atoms with Crippen molar-refractivity contribution >= 4 is 5.82 Å². The molecule has 0 saturated carbocycles. The lowest BCUT2D eigenvalue weighted by molar-refractivity contribution is 0.133. The average molecular weight is 219 g/mol. The molecular formula is C12H17N3O. The highest BCUT2D eigenvalue weighted by Crippen LogP contribution is 2.20. The minimum Gasteiger partial charge on any atom is -0.391 e. The predicted octanol–water partition coefficient (Wildman–Crippen LogP) is 1.83. The van der Waals surface area contributed by atoms with Crippen LogP contribution in [0.5, 0.6) is 0 Å². The first-order valence-electron chi connectivity index (χ1n) is 5.21. The van der Waals surface area contributed by atoms with Gasteiger partial charge in [-0.2, -0.15) is 5.26 Å². The number of pyridine rings is 1. The van der Waals surface area contributed by atoms with Crippen molar-refractivity contribution in [2.45, 2.75) is 39.3 Å². The fourth-order valence-electron chi connectivity index (χ4n) is 1.15. The molecule has 0 saturated heterocycles. The highest BCUT2D eigenvalue weighted by Gasteiger charge is 2.25. The Morgan fingerprint density at radius 3 is 2.62 bits per heavy atom. The zero-order valence-corrected chi connectivity index (χ0v) is 10.1. The molecule has 86 valence electrons. The lowest BCUT2D eigenvalue weighted by Gasteiger charge is -2.30. The fraction of sp³-hybridized carbons (Fsp3) is 0.500. The monoisotopic (exact) mass is 219 g/mol. The van der Waals surface area contributed by atoms with Gasteiger partial charge >= 0.3 is 0 Å². The van der Waals surface area contributed by atoms with E-state index in [-0.39, 0.29) is 0 Å². The Labute approximate surface area is 95.9 Å². The minimum atomic E-state index is -0.540. The first-order valence-corrected chi connectivity index (χ1v) is 5.21. The molecule has 0 amide bonds. The lowest BCUT2D eigenvalue weighted by Crippen LogP contribution is -2.42. The molecule has 4 heteroatoms. The number of nitriles is 1. The molecule has 4 nitrogen and oxygen atoms in total. The van der Waals surface area contributed by atoms with Gasteiger partial charge in [-0.25, -0.2) is 4.98 Å². The first kappa shape index (κ1) is 12.5. The Bertz CT molecular complexity index is 419. The molecule has 0 aliphatic heterocycles. The predicted molar refractivity (Wildman–Crippen MR) is 63.1 cm³/mol. The van der Waals surface area contributed by atoms with Crippen molar-refractivity contribution in [1.29, 1.82) is 5.26 Å². The number of anilines is 1. The molecular weight excluding hydrogens is 202 g/mol. The van der Waals surface area contributed by atoms with Crippen LogP contribution in [0.1, 0.15) is 32.0 Å². The summed E-state index contributed by atoms with van der Waals surface area (Å²) in [5, 5.41) is 21.6. The average Bonchev–Trinajstić information content (AvgIpc) is 2.17. The van der Waals surface area contributed by atoms with E-state index in [1.165, 1.54) is 0 Å². The number of nitrogens with zero attached hydrogens (tertiary/aromatic N) is 2. The number of aliphatic hydroxyl groups excluding tert-OH is 1. The molecule has 0 aliphatic carbocycles. The van der Waals surface area contributed by atoms with Crippen LogP contribution in [-0.2, 0) is 0 Å². The summed E-state index contributed by atoms with van der Waals surface area (Å²) in [7, 11) is 0. The van der Waals surface area contributed by atoms with Gasteiger partial charge in [0.05, 0.1) is 17.2 Å². The molecule has 0 radical (unpaired) electrons. The van der Waals surface area contributed by atoms with Crippen molar-refractivity contribution in [1.82, 2.24) is 4.98 Å². The van der Waals surface area contributed by atoms with Gasteiger partial charge in [-0.15, -0.1) is 0 Å². The maximum Gasteiger partial charge on any atom is 0.144 e. The summed E-state index contributed by atoms with van der Waals surface area (Å²) in [6.45, 7) is 7.29.